The minimum atomic E-state index is -0.663. The molecule has 2 aromatic carbocycles. The van der Waals surface area contributed by atoms with Gasteiger partial charge in [0.15, 0.2) is 0 Å². The molecule has 0 saturated heterocycles. The zero-order valence-corrected chi connectivity index (χ0v) is 14.4. The highest BCUT2D eigenvalue weighted by molar-refractivity contribution is 8.20. The van der Waals surface area contributed by atoms with E-state index in [0.717, 1.165) is 27.7 Å². The van der Waals surface area contributed by atoms with E-state index in [9.17, 15) is 5.11 Å². The second kappa shape index (κ2) is 5.37. The lowest BCUT2D eigenvalue weighted by Gasteiger charge is -2.19. The fourth-order valence-corrected chi connectivity index (χ4v) is 5.75. The van der Waals surface area contributed by atoms with Gasteiger partial charge in [-0.2, -0.15) is 10.9 Å². The van der Waals surface area contributed by atoms with Gasteiger partial charge in [-0.05, 0) is 59.4 Å². The second-order valence-corrected chi connectivity index (χ2v) is 7.95. The number of thiol groups is 1. The molecule has 23 heavy (non-hydrogen) atoms. The molecule has 0 saturated carbocycles. The van der Waals surface area contributed by atoms with E-state index in [2.05, 4.69) is 34.8 Å². The van der Waals surface area contributed by atoms with Gasteiger partial charge in [0.25, 0.3) is 0 Å². The van der Waals surface area contributed by atoms with Crippen molar-refractivity contribution in [2.24, 2.45) is 7.05 Å². The molecule has 117 valence electrons. The third kappa shape index (κ3) is 2.11. The predicted octanol–water partition coefficient (Wildman–Crippen LogP) is 3.63. The Kier molecular flexibility index (Phi) is 3.44. The standard InChI is InChI=1S/C17H15ClN3OS/c1-10-15(8-13(18)17-16(10)19-20-21(17)2)23-7-6-12-11(9-22)4-3-5-14(12)23/h4-8,22-23H,9H2,1-2H3. The molecule has 0 fully saturated rings. The lowest BCUT2D eigenvalue weighted by Crippen LogP contribution is -1.94. The first-order valence-corrected chi connectivity index (χ1v) is 9.00. The average molecular weight is 345 g/mol. The molecule has 1 atom stereocenters. The molecule has 0 bridgehead atoms. The monoisotopic (exact) mass is 344 g/mol. The summed E-state index contributed by atoms with van der Waals surface area (Å²) in [5, 5.41) is 20.7. The molecular weight excluding hydrogens is 330 g/mol. The maximum atomic E-state index is 9.51. The Morgan fingerprint density at radius 3 is 2.96 bits per heavy atom. The summed E-state index contributed by atoms with van der Waals surface area (Å²) in [6.07, 6.45) is 2.09. The molecule has 4 nitrogen and oxygen atoms in total. The summed E-state index contributed by atoms with van der Waals surface area (Å²) in [4.78, 5) is 2.38. The molecule has 1 N–H and O–H groups in total. The number of aliphatic hydroxyl groups is 1. The van der Waals surface area contributed by atoms with Gasteiger partial charge in [0.2, 0.25) is 0 Å². The Morgan fingerprint density at radius 2 is 2.17 bits per heavy atom. The maximum absolute atomic E-state index is 9.51. The van der Waals surface area contributed by atoms with Gasteiger partial charge in [-0.3, -0.25) is 0 Å². The van der Waals surface area contributed by atoms with Crippen molar-refractivity contribution in [3.63, 3.8) is 0 Å². The number of hydrogen-bond acceptors (Lipinski definition) is 3. The van der Waals surface area contributed by atoms with Crippen LogP contribution < -0.4 is 0 Å². The molecule has 0 aliphatic carbocycles. The van der Waals surface area contributed by atoms with Crippen LogP contribution in [0, 0.1) is 13.0 Å². The molecule has 1 aliphatic rings. The fraction of sp³-hybridized carbons (Fsp3) is 0.176. The quantitative estimate of drug-likeness (QED) is 0.698. The van der Waals surface area contributed by atoms with Crippen LogP contribution in [0.2, 0.25) is 5.02 Å². The average Bonchev–Trinajstić information content (AvgIpc) is 3.15. The number of rotatable bonds is 2. The van der Waals surface area contributed by atoms with Crippen LogP contribution in [0.5, 0.6) is 0 Å². The van der Waals surface area contributed by atoms with Gasteiger partial charge >= 0.3 is 0 Å². The van der Waals surface area contributed by atoms with Gasteiger partial charge in [-0.25, -0.2) is 4.68 Å². The highest BCUT2D eigenvalue weighted by Gasteiger charge is 2.22. The summed E-state index contributed by atoms with van der Waals surface area (Å²) in [6, 6.07) is 9.01. The normalized spacial score (nSPS) is 17.8. The SMILES string of the molecule is Cc1c([SH]2C=Cc3c(CO)c[c]cc32)cc(Cl)c2c1nnn2C. The molecular formula is C17H15ClN3OS. The number of benzene rings is 2. The van der Waals surface area contributed by atoms with Crippen LogP contribution in [0.1, 0.15) is 16.7 Å². The van der Waals surface area contributed by atoms with E-state index in [1.165, 1.54) is 9.79 Å². The summed E-state index contributed by atoms with van der Waals surface area (Å²) in [5.41, 5.74) is 4.83. The first kappa shape index (κ1) is 14.8. The van der Waals surface area contributed by atoms with Gasteiger partial charge in [-0.1, -0.05) is 16.8 Å². The third-order valence-electron chi connectivity index (χ3n) is 4.24. The van der Waals surface area contributed by atoms with Crippen molar-refractivity contribution in [2.45, 2.75) is 23.3 Å². The molecule has 1 unspecified atom stereocenters. The molecule has 4 rings (SSSR count). The van der Waals surface area contributed by atoms with Crippen molar-refractivity contribution in [1.82, 2.24) is 15.0 Å². The van der Waals surface area contributed by atoms with Crippen LogP contribution in [0.15, 0.2) is 33.4 Å². The molecule has 6 heteroatoms. The molecule has 0 amide bonds. The van der Waals surface area contributed by atoms with E-state index in [-0.39, 0.29) is 6.61 Å². The minimum Gasteiger partial charge on any atom is -0.392 e. The van der Waals surface area contributed by atoms with Crippen molar-refractivity contribution >= 4 is 39.6 Å². The van der Waals surface area contributed by atoms with E-state index >= 15 is 0 Å². The van der Waals surface area contributed by atoms with E-state index in [1.54, 1.807) is 4.68 Å². The maximum Gasteiger partial charge on any atom is 0.118 e. The van der Waals surface area contributed by atoms with Crippen LogP contribution >= 0.6 is 22.5 Å². The Hall–Kier alpha value is -1.82. The largest absolute Gasteiger partial charge is 0.392 e. The summed E-state index contributed by atoms with van der Waals surface area (Å²) >= 11 is 6.48. The van der Waals surface area contributed by atoms with Gasteiger partial charge in [0, 0.05) is 16.8 Å². The number of aryl methyl sites for hydroxylation is 2. The molecule has 0 spiro atoms. The number of fused-ring (bicyclic) bond motifs is 2. The van der Waals surface area contributed by atoms with Gasteiger partial charge in [-0.15, -0.1) is 5.10 Å². The number of aliphatic hydroxyl groups excluding tert-OH is 1. The first-order valence-electron chi connectivity index (χ1n) is 7.21. The van der Waals surface area contributed by atoms with E-state index in [4.69, 9.17) is 11.6 Å². The fourth-order valence-electron chi connectivity index (χ4n) is 3.05. The molecule has 1 aliphatic heterocycles. The van der Waals surface area contributed by atoms with Crippen LogP contribution in [-0.4, -0.2) is 20.1 Å². The van der Waals surface area contributed by atoms with Crippen LogP contribution in [0.3, 0.4) is 0 Å². The molecule has 1 aromatic heterocycles. The second-order valence-electron chi connectivity index (χ2n) is 5.54. The highest BCUT2D eigenvalue weighted by atomic mass is 35.5. The minimum absolute atomic E-state index is 0.0239. The lowest BCUT2D eigenvalue weighted by molar-refractivity contribution is 0.281. The summed E-state index contributed by atoms with van der Waals surface area (Å²) in [6.45, 7) is 2.09. The smallest absolute Gasteiger partial charge is 0.118 e. The van der Waals surface area contributed by atoms with E-state index < -0.39 is 10.9 Å². The van der Waals surface area contributed by atoms with Crippen molar-refractivity contribution in [3.05, 3.63) is 51.4 Å². The number of halogens is 1. The summed E-state index contributed by atoms with van der Waals surface area (Å²) in [7, 11) is 1.18. The molecule has 2 heterocycles. The van der Waals surface area contributed by atoms with Crippen molar-refractivity contribution in [3.8, 4) is 0 Å². The van der Waals surface area contributed by atoms with Crippen LogP contribution in [-0.2, 0) is 13.7 Å². The zero-order chi connectivity index (χ0) is 16.1. The highest BCUT2D eigenvalue weighted by Crippen LogP contribution is 2.55. The summed E-state index contributed by atoms with van der Waals surface area (Å²) < 4.78 is 1.71. The van der Waals surface area contributed by atoms with Crippen LogP contribution in [0.4, 0.5) is 0 Å². The topological polar surface area (TPSA) is 50.9 Å². The van der Waals surface area contributed by atoms with Crippen molar-refractivity contribution in [2.75, 3.05) is 0 Å². The van der Waals surface area contributed by atoms with Crippen LogP contribution in [0.25, 0.3) is 17.1 Å². The van der Waals surface area contributed by atoms with Crippen molar-refractivity contribution in [1.29, 1.82) is 0 Å². The Bertz CT molecular complexity index is 964. The molecule has 1 radical (unpaired) electrons. The zero-order valence-electron chi connectivity index (χ0n) is 12.7. The van der Waals surface area contributed by atoms with E-state index in [1.807, 2.05) is 25.2 Å². The molecule has 3 aromatic rings. The van der Waals surface area contributed by atoms with Gasteiger partial charge in [0.05, 0.1) is 11.6 Å². The lowest BCUT2D eigenvalue weighted by atomic mass is 10.1. The number of aromatic nitrogens is 3. The predicted molar refractivity (Wildman–Crippen MR) is 94.0 cm³/mol. The first-order chi connectivity index (χ1) is 11.1. The number of hydrogen-bond donors (Lipinski definition) is 2. The summed E-state index contributed by atoms with van der Waals surface area (Å²) in [5.74, 6) is 0. The van der Waals surface area contributed by atoms with Gasteiger partial charge in [0.1, 0.15) is 11.0 Å². The Balaban J connectivity index is 1.93. The number of nitrogens with zero attached hydrogens (tertiary/aromatic N) is 3. The Labute approximate surface area is 141 Å². The van der Waals surface area contributed by atoms with E-state index in [0.29, 0.717) is 5.02 Å². The van der Waals surface area contributed by atoms with Crippen molar-refractivity contribution < 1.29 is 5.11 Å². The third-order valence-corrected chi connectivity index (χ3v) is 6.84. The Morgan fingerprint density at radius 1 is 1.35 bits per heavy atom. The van der Waals surface area contributed by atoms with Gasteiger partial charge < -0.3 is 5.11 Å².